The SMILES string of the molecule is C=CCc1cc(-c2ccc(C(=N)N)cc2)ccc1OCCOc1ccc(OC)c(OCc2ccccc2)c1. The highest BCUT2D eigenvalue weighted by Gasteiger charge is 2.09. The van der Waals surface area contributed by atoms with Gasteiger partial charge in [0.1, 0.15) is 37.2 Å². The summed E-state index contributed by atoms with van der Waals surface area (Å²) in [6.07, 6.45) is 2.53. The summed E-state index contributed by atoms with van der Waals surface area (Å²) in [5.74, 6) is 2.79. The standard InChI is InChI=1S/C32H32N2O4/c1-3-7-27-20-26(24-10-12-25(13-11-24)32(33)34)14-16-29(27)37-19-18-36-28-15-17-30(35-2)31(21-28)38-22-23-8-5-4-6-9-23/h3-6,8-17,20-21H,1,7,18-19,22H2,2H3,(H3,33,34). The van der Waals surface area contributed by atoms with E-state index >= 15 is 0 Å². The summed E-state index contributed by atoms with van der Waals surface area (Å²) >= 11 is 0. The second-order valence-electron chi connectivity index (χ2n) is 8.59. The molecule has 0 bridgehead atoms. The van der Waals surface area contributed by atoms with E-state index in [-0.39, 0.29) is 5.84 Å². The van der Waals surface area contributed by atoms with E-state index in [9.17, 15) is 0 Å². The molecule has 4 aromatic rings. The van der Waals surface area contributed by atoms with Crippen LogP contribution in [-0.4, -0.2) is 26.2 Å². The number of nitrogen functional groups attached to an aromatic ring is 1. The van der Waals surface area contributed by atoms with Crippen LogP contribution in [0.15, 0.2) is 104 Å². The van der Waals surface area contributed by atoms with Gasteiger partial charge < -0.3 is 24.7 Å². The fourth-order valence-electron chi connectivity index (χ4n) is 3.96. The highest BCUT2D eigenvalue weighted by Crippen LogP contribution is 2.32. The van der Waals surface area contributed by atoms with Gasteiger partial charge in [0.2, 0.25) is 0 Å². The zero-order valence-electron chi connectivity index (χ0n) is 21.5. The predicted molar refractivity (Wildman–Crippen MR) is 152 cm³/mol. The van der Waals surface area contributed by atoms with Crippen LogP contribution in [0.5, 0.6) is 23.0 Å². The summed E-state index contributed by atoms with van der Waals surface area (Å²) in [6, 6.07) is 29.2. The molecule has 0 atom stereocenters. The number of nitrogens with one attached hydrogen (secondary N) is 1. The molecule has 6 nitrogen and oxygen atoms in total. The van der Waals surface area contributed by atoms with Crippen molar-refractivity contribution in [3.05, 3.63) is 120 Å². The van der Waals surface area contributed by atoms with Crippen LogP contribution < -0.4 is 24.7 Å². The molecular weight excluding hydrogens is 476 g/mol. The van der Waals surface area contributed by atoms with Gasteiger partial charge in [0.15, 0.2) is 11.5 Å². The third kappa shape index (κ3) is 6.95. The van der Waals surface area contributed by atoms with E-state index in [0.717, 1.165) is 28.0 Å². The summed E-state index contributed by atoms with van der Waals surface area (Å²) in [7, 11) is 1.62. The van der Waals surface area contributed by atoms with Crippen molar-refractivity contribution in [1.29, 1.82) is 5.41 Å². The second-order valence-corrected chi connectivity index (χ2v) is 8.59. The molecule has 0 fully saturated rings. The molecule has 0 amide bonds. The van der Waals surface area contributed by atoms with Crippen LogP contribution in [0.25, 0.3) is 11.1 Å². The Hall–Kier alpha value is -4.71. The first-order valence-electron chi connectivity index (χ1n) is 12.4. The molecule has 0 spiro atoms. The summed E-state index contributed by atoms with van der Waals surface area (Å²) in [5, 5.41) is 7.57. The molecule has 194 valence electrons. The van der Waals surface area contributed by atoms with Crippen molar-refractivity contribution in [3.63, 3.8) is 0 Å². The van der Waals surface area contributed by atoms with Crippen molar-refractivity contribution in [3.8, 4) is 34.1 Å². The molecule has 0 aliphatic rings. The van der Waals surface area contributed by atoms with Crippen molar-refractivity contribution < 1.29 is 18.9 Å². The van der Waals surface area contributed by atoms with Gasteiger partial charge in [-0.25, -0.2) is 0 Å². The third-order valence-electron chi connectivity index (χ3n) is 5.94. The molecule has 3 N–H and O–H groups in total. The zero-order chi connectivity index (χ0) is 26.7. The van der Waals surface area contributed by atoms with Gasteiger partial charge in [-0.3, -0.25) is 5.41 Å². The Morgan fingerprint density at radius 1 is 0.789 bits per heavy atom. The Labute approximate surface area is 223 Å². The van der Waals surface area contributed by atoms with Crippen molar-refractivity contribution >= 4 is 5.84 Å². The number of hydrogen-bond acceptors (Lipinski definition) is 5. The van der Waals surface area contributed by atoms with Crippen LogP contribution >= 0.6 is 0 Å². The van der Waals surface area contributed by atoms with Gasteiger partial charge >= 0.3 is 0 Å². The van der Waals surface area contributed by atoms with Gasteiger partial charge in [-0.05, 0) is 52.9 Å². The van der Waals surface area contributed by atoms with Gasteiger partial charge in [0, 0.05) is 11.6 Å². The van der Waals surface area contributed by atoms with Crippen LogP contribution in [0.1, 0.15) is 16.7 Å². The molecule has 0 aliphatic heterocycles. The maximum Gasteiger partial charge on any atom is 0.165 e. The van der Waals surface area contributed by atoms with E-state index in [1.807, 2.05) is 91.0 Å². The quantitative estimate of drug-likeness (QED) is 0.0943. The van der Waals surface area contributed by atoms with Crippen molar-refractivity contribution in [1.82, 2.24) is 0 Å². The van der Waals surface area contributed by atoms with E-state index in [2.05, 4.69) is 12.6 Å². The lowest BCUT2D eigenvalue weighted by molar-refractivity contribution is 0.214. The van der Waals surface area contributed by atoms with Gasteiger partial charge in [0.25, 0.3) is 0 Å². The number of nitrogens with two attached hydrogens (primary N) is 1. The molecule has 0 heterocycles. The van der Waals surface area contributed by atoms with Crippen molar-refractivity contribution in [2.24, 2.45) is 5.73 Å². The lowest BCUT2D eigenvalue weighted by atomic mass is 9.99. The number of benzene rings is 4. The fraction of sp³-hybridized carbons (Fsp3) is 0.156. The Morgan fingerprint density at radius 2 is 1.50 bits per heavy atom. The van der Waals surface area contributed by atoms with Gasteiger partial charge in [-0.2, -0.15) is 0 Å². The minimum atomic E-state index is 0.0560. The lowest BCUT2D eigenvalue weighted by Gasteiger charge is -2.15. The van der Waals surface area contributed by atoms with Crippen LogP contribution in [0.2, 0.25) is 0 Å². The van der Waals surface area contributed by atoms with E-state index in [4.69, 9.17) is 30.1 Å². The first kappa shape index (κ1) is 26.4. The number of ether oxygens (including phenoxy) is 4. The average molecular weight is 509 g/mol. The topological polar surface area (TPSA) is 86.8 Å². The lowest BCUT2D eigenvalue weighted by Crippen LogP contribution is -2.10. The average Bonchev–Trinajstić information content (AvgIpc) is 2.95. The highest BCUT2D eigenvalue weighted by molar-refractivity contribution is 5.95. The Balaban J connectivity index is 1.36. The van der Waals surface area contributed by atoms with E-state index in [1.54, 1.807) is 7.11 Å². The molecule has 0 unspecified atom stereocenters. The molecule has 6 heteroatoms. The zero-order valence-corrected chi connectivity index (χ0v) is 21.5. The molecular formula is C32H32N2O4. The van der Waals surface area contributed by atoms with Gasteiger partial charge in [-0.15, -0.1) is 6.58 Å². The van der Waals surface area contributed by atoms with Crippen molar-refractivity contribution in [2.75, 3.05) is 20.3 Å². The van der Waals surface area contributed by atoms with E-state index < -0.39 is 0 Å². The number of methoxy groups -OCH3 is 1. The second kappa shape index (κ2) is 13.0. The molecule has 0 saturated carbocycles. The van der Waals surface area contributed by atoms with Gasteiger partial charge in [0.05, 0.1) is 7.11 Å². The normalized spacial score (nSPS) is 10.4. The molecule has 38 heavy (non-hydrogen) atoms. The summed E-state index contributed by atoms with van der Waals surface area (Å²) in [6.45, 7) is 5.07. The van der Waals surface area contributed by atoms with Crippen LogP contribution in [-0.2, 0) is 13.0 Å². The largest absolute Gasteiger partial charge is 0.493 e. The summed E-state index contributed by atoms with van der Waals surface area (Å²) in [5.41, 5.74) is 10.5. The third-order valence-corrected chi connectivity index (χ3v) is 5.94. The number of amidine groups is 1. The molecule has 0 radical (unpaired) electrons. The monoisotopic (exact) mass is 508 g/mol. The Bertz CT molecular complexity index is 1370. The molecule has 0 aliphatic carbocycles. The van der Waals surface area contributed by atoms with E-state index in [0.29, 0.717) is 49.1 Å². The molecule has 4 rings (SSSR count). The first-order valence-corrected chi connectivity index (χ1v) is 12.4. The summed E-state index contributed by atoms with van der Waals surface area (Å²) in [4.78, 5) is 0. The molecule has 0 aromatic heterocycles. The minimum absolute atomic E-state index is 0.0560. The maximum atomic E-state index is 7.57. The van der Waals surface area contributed by atoms with Crippen LogP contribution in [0.4, 0.5) is 0 Å². The van der Waals surface area contributed by atoms with Crippen molar-refractivity contribution in [2.45, 2.75) is 13.0 Å². The summed E-state index contributed by atoms with van der Waals surface area (Å²) < 4.78 is 23.4. The maximum absolute atomic E-state index is 7.57. The highest BCUT2D eigenvalue weighted by atomic mass is 16.5. The number of hydrogen-bond donors (Lipinski definition) is 2. The minimum Gasteiger partial charge on any atom is -0.493 e. The molecule has 4 aromatic carbocycles. The predicted octanol–water partition coefficient (Wildman–Crippen LogP) is 6.41. The Morgan fingerprint density at radius 3 is 2.21 bits per heavy atom. The smallest absolute Gasteiger partial charge is 0.165 e. The number of rotatable bonds is 13. The first-order chi connectivity index (χ1) is 18.6. The van der Waals surface area contributed by atoms with Gasteiger partial charge in [-0.1, -0.05) is 66.7 Å². The molecule has 0 saturated heterocycles. The van der Waals surface area contributed by atoms with Crippen LogP contribution in [0.3, 0.4) is 0 Å². The van der Waals surface area contributed by atoms with Crippen LogP contribution in [0, 0.1) is 5.41 Å². The fourth-order valence-corrected chi connectivity index (χ4v) is 3.96. The van der Waals surface area contributed by atoms with E-state index in [1.165, 1.54) is 0 Å². The Kier molecular flexibility index (Phi) is 9.03. The number of allylic oxidation sites excluding steroid dienone is 1.